The van der Waals surface area contributed by atoms with Crippen molar-refractivity contribution in [2.24, 2.45) is 5.92 Å². The zero-order valence-electron chi connectivity index (χ0n) is 10.2. The van der Waals surface area contributed by atoms with Crippen LogP contribution in [0.1, 0.15) is 40.0 Å². The number of rotatable bonds is 4. The third-order valence-corrected chi connectivity index (χ3v) is 2.78. The van der Waals surface area contributed by atoms with E-state index in [9.17, 15) is 4.79 Å². The van der Waals surface area contributed by atoms with E-state index in [2.05, 4.69) is 0 Å². The van der Waals surface area contributed by atoms with Crippen LogP contribution in [-0.4, -0.2) is 24.3 Å². The molecule has 4 nitrogen and oxygen atoms in total. The Hall–Kier alpha value is -1.08. The van der Waals surface area contributed by atoms with Crippen molar-refractivity contribution in [3.8, 4) is 6.07 Å². The Kier molecular flexibility index (Phi) is 4.31. The molecule has 16 heavy (non-hydrogen) atoms. The van der Waals surface area contributed by atoms with Crippen molar-refractivity contribution in [1.29, 1.82) is 5.26 Å². The molecule has 0 aromatic rings. The van der Waals surface area contributed by atoms with Crippen LogP contribution < -0.4 is 0 Å². The van der Waals surface area contributed by atoms with Crippen molar-refractivity contribution in [2.45, 2.75) is 51.7 Å². The maximum absolute atomic E-state index is 11.4. The summed E-state index contributed by atoms with van der Waals surface area (Å²) in [6, 6.07) is 1.99. The average Bonchev–Trinajstić information content (AvgIpc) is 2.55. The number of nitrogens with zero attached hydrogens (tertiary/aromatic N) is 1. The molecule has 1 saturated heterocycles. The van der Waals surface area contributed by atoms with E-state index in [1.807, 2.05) is 19.9 Å². The van der Waals surface area contributed by atoms with E-state index in [1.54, 1.807) is 6.92 Å². The van der Waals surface area contributed by atoms with Gasteiger partial charge in [0.25, 0.3) is 0 Å². The Morgan fingerprint density at radius 3 is 2.81 bits per heavy atom. The van der Waals surface area contributed by atoms with E-state index in [-0.39, 0.29) is 11.7 Å². The first-order valence-electron chi connectivity index (χ1n) is 5.72. The van der Waals surface area contributed by atoms with Gasteiger partial charge in [-0.05, 0) is 33.6 Å². The molecule has 1 aliphatic heterocycles. The minimum absolute atomic E-state index is 0.00376. The molecule has 0 amide bonds. The predicted molar refractivity (Wildman–Crippen MR) is 58.5 cm³/mol. The molecule has 4 heteroatoms. The molecule has 0 aromatic carbocycles. The van der Waals surface area contributed by atoms with Gasteiger partial charge in [0, 0.05) is 6.42 Å². The molecule has 0 bridgehead atoms. The highest BCUT2D eigenvalue weighted by Crippen LogP contribution is 2.32. The Morgan fingerprint density at radius 2 is 2.38 bits per heavy atom. The fourth-order valence-corrected chi connectivity index (χ4v) is 1.95. The molecule has 0 aromatic heterocycles. The summed E-state index contributed by atoms with van der Waals surface area (Å²) in [5.74, 6) is -1.13. The molecule has 0 N–H and O–H groups in total. The molecule has 2 atom stereocenters. The van der Waals surface area contributed by atoms with Gasteiger partial charge >= 0.3 is 5.97 Å². The second-order valence-corrected chi connectivity index (χ2v) is 4.71. The molecule has 1 rings (SSSR count). The lowest BCUT2D eigenvalue weighted by molar-refractivity contribution is -0.147. The molecule has 90 valence electrons. The fraction of sp³-hybridized carbons (Fsp3) is 0.833. The van der Waals surface area contributed by atoms with Crippen LogP contribution in [0.15, 0.2) is 0 Å². The van der Waals surface area contributed by atoms with Gasteiger partial charge in [-0.15, -0.1) is 0 Å². The molecular formula is C12H19NO3. The summed E-state index contributed by atoms with van der Waals surface area (Å²) in [7, 11) is 0. The summed E-state index contributed by atoms with van der Waals surface area (Å²) in [5, 5.41) is 8.91. The van der Waals surface area contributed by atoms with Gasteiger partial charge in [0.05, 0.1) is 24.4 Å². The lowest BCUT2D eigenvalue weighted by Gasteiger charge is -2.20. The Labute approximate surface area is 96.5 Å². The number of nitriles is 1. The van der Waals surface area contributed by atoms with Crippen LogP contribution in [0.25, 0.3) is 0 Å². The predicted octanol–water partition coefficient (Wildman–Crippen LogP) is 2.04. The quantitative estimate of drug-likeness (QED) is 0.687. The second-order valence-electron chi connectivity index (χ2n) is 4.71. The van der Waals surface area contributed by atoms with Gasteiger partial charge in [-0.25, -0.2) is 0 Å². The number of carbonyl (C=O) groups excluding carboxylic acids is 1. The Morgan fingerprint density at radius 1 is 1.69 bits per heavy atom. The third kappa shape index (κ3) is 3.49. The SMILES string of the molecule is CCOC(=O)C(C#N)CC1CCC(C)(C)O1. The highest BCUT2D eigenvalue weighted by atomic mass is 16.5. The molecular weight excluding hydrogens is 206 g/mol. The van der Waals surface area contributed by atoms with E-state index in [4.69, 9.17) is 14.7 Å². The zero-order valence-corrected chi connectivity index (χ0v) is 10.2. The van der Waals surface area contributed by atoms with Crippen molar-refractivity contribution < 1.29 is 14.3 Å². The van der Waals surface area contributed by atoms with Crippen LogP contribution in [0.4, 0.5) is 0 Å². The standard InChI is InChI=1S/C12H19NO3/c1-4-15-11(14)9(8-13)7-10-5-6-12(2,3)16-10/h9-10H,4-7H2,1-3H3. The second kappa shape index (κ2) is 5.31. The zero-order chi connectivity index (χ0) is 12.2. The van der Waals surface area contributed by atoms with Gasteiger partial charge in [-0.1, -0.05) is 0 Å². The molecule has 1 fully saturated rings. The summed E-state index contributed by atoms with van der Waals surface area (Å²) < 4.78 is 10.6. The van der Waals surface area contributed by atoms with Crippen molar-refractivity contribution in [1.82, 2.24) is 0 Å². The molecule has 2 unspecified atom stereocenters. The van der Waals surface area contributed by atoms with E-state index in [1.165, 1.54) is 0 Å². The summed E-state index contributed by atoms with van der Waals surface area (Å²) in [6.45, 7) is 6.10. The molecule has 0 spiro atoms. The average molecular weight is 225 g/mol. The van der Waals surface area contributed by atoms with Crippen molar-refractivity contribution in [2.75, 3.05) is 6.61 Å². The number of ether oxygens (including phenoxy) is 2. The van der Waals surface area contributed by atoms with Gasteiger partial charge in [0.15, 0.2) is 0 Å². The number of hydrogen-bond donors (Lipinski definition) is 0. The summed E-state index contributed by atoms with van der Waals surface area (Å²) >= 11 is 0. The van der Waals surface area contributed by atoms with E-state index in [0.29, 0.717) is 13.0 Å². The van der Waals surface area contributed by atoms with Gasteiger partial charge < -0.3 is 9.47 Å². The van der Waals surface area contributed by atoms with Crippen LogP contribution >= 0.6 is 0 Å². The first-order chi connectivity index (χ1) is 7.48. The van der Waals surface area contributed by atoms with Gasteiger partial charge in [-0.3, -0.25) is 4.79 Å². The van der Waals surface area contributed by atoms with Gasteiger partial charge in [0.2, 0.25) is 0 Å². The molecule has 0 saturated carbocycles. The van der Waals surface area contributed by atoms with E-state index >= 15 is 0 Å². The first-order valence-corrected chi connectivity index (χ1v) is 5.72. The van der Waals surface area contributed by atoms with Crippen molar-refractivity contribution in [3.05, 3.63) is 0 Å². The minimum atomic E-state index is -0.696. The first kappa shape index (κ1) is 13.0. The highest BCUT2D eigenvalue weighted by Gasteiger charge is 2.34. The van der Waals surface area contributed by atoms with Crippen LogP contribution in [0, 0.1) is 17.2 Å². The maximum atomic E-state index is 11.4. The Balaban J connectivity index is 2.46. The van der Waals surface area contributed by atoms with Gasteiger partial charge in [0.1, 0.15) is 5.92 Å². The normalized spacial score (nSPS) is 24.8. The third-order valence-electron chi connectivity index (χ3n) is 2.78. The van der Waals surface area contributed by atoms with Crippen molar-refractivity contribution in [3.63, 3.8) is 0 Å². The lowest BCUT2D eigenvalue weighted by Crippen LogP contribution is -2.25. The number of esters is 1. The van der Waals surface area contributed by atoms with Crippen molar-refractivity contribution >= 4 is 5.97 Å². The van der Waals surface area contributed by atoms with E-state index < -0.39 is 11.9 Å². The lowest BCUT2D eigenvalue weighted by atomic mass is 10.00. The number of hydrogen-bond acceptors (Lipinski definition) is 4. The van der Waals surface area contributed by atoms with Crippen LogP contribution in [0.3, 0.4) is 0 Å². The van der Waals surface area contributed by atoms with Crippen LogP contribution in [0.2, 0.25) is 0 Å². The van der Waals surface area contributed by atoms with Gasteiger partial charge in [-0.2, -0.15) is 5.26 Å². The molecule has 0 aliphatic carbocycles. The van der Waals surface area contributed by atoms with E-state index in [0.717, 1.165) is 12.8 Å². The Bertz CT molecular complexity index is 293. The monoisotopic (exact) mass is 225 g/mol. The highest BCUT2D eigenvalue weighted by molar-refractivity contribution is 5.75. The molecule has 1 heterocycles. The topological polar surface area (TPSA) is 59.3 Å². The van der Waals surface area contributed by atoms with Crippen LogP contribution in [0.5, 0.6) is 0 Å². The largest absolute Gasteiger partial charge is 0.465 e. The molecule has 0 radical (unpaired) electrons. The number of carbonyl (C=O) groups is 1. The van der Waals surface area contributed by atoms with Crippen LogP contribution in [-0.2, 0) is 14.3 Å². The minimum Gasteiger partial charge on any atom is -0.465 e. The molecule has 1 aliphatic rings. The maximum Gasteiger partial charge on any atom is 0.323 e. The summed E-state index contributed by atoms with van der Waals surface area (Å²) in [6.07, 6.45) is 2.33. The summed E-state index contributed by atoms with van der Waals surface area (Å²) in [4.78, 5) is 11.4. The fourth-order valence-electron chi connectivity index (χ4n) is 1.95. The smallest absolute Gasteiger partial charge is 0.323 e. The summed E-state index contributed by atoms with van der Waals surface area (Å²) in [5.41, 5.74) is -0.126.